The number of aliphatic imine (C=N–C) groups is 1. The number of aliphatic hydroxyl groups is 1. The van der Waals surface area contributed by atoms with Crippen LogP contribution in [0.2, 0.25) is 0 Å². The highest BCUT2D eigenvalue weighted by molar-refractivity contribution is 7.88. The van der Waals surface area contributed by atoms with E-state index in [1.54, 1.807) is 6.08 Å². The van der Waals surface area contributed by atoms with E-state index in [2.05, 4.69) is 14.4 Å². The first-order valence-electron chi connectivity index (χ1n) is 10.5. The molecule has 0 spiro atoms. The summed E-state index contributed by atoms with van der Waals surface area (Å²) < 4.78 is 30.4. The summed E-state index contributed by atoms with van der Waals surface area (Å²) >= 11 is 0. The molecule has 1 saturated heterocycles. The molecular formula is C22H27N6O3S+. The van der Waals surface area contributed by atoms with E-state index >= 15 is 0 Å². The van der Waals surface area contributed by atoms with Gasteiger partial charge in [-0.3, -0.25) is 4.72 Å². The van der Waals surface area contributed by atoms with E-state index in [1.807, 2.05) is 42.5 Å². The Labute approximate surface area is 187 Å². The first-order chi connectivity index (χ1) is 15.4. The lowest BCUT2D eigenvalue weighted by molar-refractivity contribution is -0.504. The fraction of sp³-hybridized carbons (Fsp3) is 0.318. The zero-order valence-electron chi connectivity index (χ0n) is 17.9. The smallest absolute Gasteiger partial charge is 0.229 e. The summed E-state index contributed by atoms with van der Waals surface area (Å²) in [6.07, 6.45) is 8.88. The van der Waals surface area contributed by atoms with Crippen LogP contribution in [0.4, 0.5) is 11.5 Å². The van der Waals surface area contributed by atoms with E-state index in [4.69, 9.17) is 10.7 Å². The van der Waals surface area contributed by atoms with Gasteiger partial charge in [0.2, 0.25) is 15.7 Å². The number of nitrogens with one attached hydrogen (secondary N) is 1. The van der Waals surface area contributed by atoms with Crippen LogP contribution in [0.15, 0.2) is 59.2 Å². The minimum absolute atomic E-state index is 0.120. The topological polar surface area (TPSA) is 126 Å². The molecule has 1 aliphatic carbocycles. The Morgan fingerprint density at radius 2 is 1.94 bits per heavy atom. The maximum Gasteiger partial charge on any atom is 0.229 e. The average Bonchev–Trinajstić information content (AvgIpc) is 3.39. The minimum atomic E-state index is -3.52. The molecule has 0 bridgehead atoms. The highest BCUT2D eigenvalue weighted by Gasteiger charge is 2.24. The van der Waals surface area contributed by atoms with Crippen molar-refractivity contribution < 1.29 is 18.1 Å². The second kappa shape index (κ2) is 9.09. The number of allylic oxidation sites excluding steroid dienone is 3. The Kier molecular flexibility index (Phi) is 6.24. The van der Waals surface area contributed by atoms with Gasteiger partial charge >= 0.3 is 0 Å². The van der Waals surface area contributed by atoms with Crippen molar-refractivity contribution in [2.75, 3.05) is 31.7 Å². The van der Waals surface area contributed by atoms with E-state index < -0.39 is 10.0 Å². The van der Waals surface area contributed by atoms with Gasteiger partial charge in [-0.25, -0.2) is 22.7 Å². The number of aliphatic hydroxyl groups excluding tert-OH is 1. The molecule has 2 aliphatic rings. The molecule has 1 aromatic heterocycles. The number of sulfonamides is 1. The van der Waals surface area contributed by atoms with Crippen LogP contribution in [-0.4, -0.2) is 65.3 Å². The number of nitrogens with two attached hydrogens (primary N) is 1. The molecule has 0 saturated carbocycles. The van der Waals surface area contributed by atoms with Crippen molar-refractivity contribution in [2.24, 2.45) is 4.99 Å². The van der Waals surface area contributed by atoms with E-state index in [9.17, 15) is 13.5 Å². The predicted molar refractivity (Wildman–Crippen MR) is 126 cm³/mol. The number of nitrogen functional groups attached to an aromatic ring is 1. The van der Waals surface area contributed by atoms with Crippen LogP contribution in [0.3, 0.4) is 0 Å². The standard InChI is InChI=1S/C22H26N6O3S/c1-32(30,31)26-19-15-17(27-11-5-6-12-27)9-10-18(19)24-21-20(16-7-3-2-4-8-16)25-28(13-14-29)22(21)23/h2-4,7-10,15,29H,5-6,11-14H2,1H3,(H2,23,25,26)/p+1. The maximum absolute atomic E-state index is 12.0. The third kappa shape index (κ3) is 4.81. The number of nitrogens with zero attached hydrogens (tertiary/aromatic N) is 4. The molecule has 2 heterocycles. The van der Waals surface area contributed by atoms with E-state index in [0.29, 0.717) is 28.6 Å². The van der Waals surface area contributed by atoms with E-state index in [-0.39, 0.29) is 13.2 Å². The van der Waals surface area contributed by atoms with E-state index in [1.165, 1.54) is 4.68 Å². The van der Waals surface area contributed by atoms with Crippen molar-refractivity contribution in [2.45, 2.75) is 19.4 Å². The molecule has 2 aromatic rings. The second-order valence-corrected chi connectivity index (χ2v) is 9.53. The lowest BCUT2D eigenvalue weighted by Crippen LogP contribution is -2.29. The van der Waals surface area contributed by atoms with Crippen molar-refractivity contribution in [1.82, 2.24) is 14.5 Å². The molecule has 1 fully saturated rings. The number of aromatic nitrogens is 2. The summed E-state index contributed by atoms with van der Waals surface area (Å²) in [5, 5.41) is 13.9. The molecule has 0 radical (unpaired) electrons. The van der Waals surface area contributed by atoms with Gasteiger partial charge in [0.1, 0.15) is 30.3 Å². The molecular weight excluding hydrogens is 428 g/mol. The van der Waals surface area contributed by atoms with Gasteiger partial charge in [-0.05, 0) is 6.08 Å². The molecule has 9 nitrogen and oxygen atoms in total. The zero-order chi connectivity index (χ0) is 22.7. The lowest BCUT2D eigenvalue weighted by atomic mass is 10.1. The molecule has 1 aliphatic heterocycles. The minimum Gasteiger partial charge on any atom is -0.394 e. The number of hydrogen-bond donors (Lipinski definition) is 3. The summed E-state index contributed by atoms with van der Waals surface area (Å²) in [4.78, 5) is 4.74. The first-order valence-corrected chi connectivity index (χ1v) is 12.4. The fourth-order valence-electron chi connectivity index (χ4n) is 3.83. The molecule has 0 amide bonds. The van der Waals surface area contributed by atoms with Crippen molar-refractivity contribution in [1.29, 1.82) is 0 Å². The molecule has 32 heavy (non-hydrogen) atoms. The Balaban J connectivity index is 1.84. The fourth-order valence-corrected chi connectivity index (χ4v) is 4.39. The van der Waals surface area contributed by atoms with Gasteiger partial charge in [0, 0.05) is 30.6 Å². The Hall–Kier alpha value is -3.24. The predicted octanol–water partition coefficient (Wildman–Crippen LogP) is 1.45. The third-order valence-corrected chi connectivity index (χ3v) is 5.89. The van der Waals surface area contributed by atoms with Gasteiger partial charge in [-0.15, -0.1) is 0 Å². The third-order valence-electron chi connectivity index (χ3n) is 5.30. The Bertz CT molecular complexity index is 1230. The van der Waals surface area contributed by atoms with E-state index in [0.717, 1.165) is 43.5 Å². The van der Waals surface area contributed by atoms with Crippen molar-refractivity contribution in [3.63, 3.8) is 0 Å². The Morgan fingerprint density at radius 1 is 1.22 bits per heavy atom. The van der Waals surface area contributed by atoms with Crippen molar-refractivity contribution in [3.8, 4) is 11.3 Å². The number of hydrogen-bond acceptors (Lipinski definition) is 6. The summed E-state index contributed by atoms with van der Waals surface area (Å²) in [7, 11) is -3.52. The molecule has 10 heteroatoms. The lowest BCUT2D eigenvalue weighted by Gasteiger charge is -2.13. The van der Waals surface area contributed by atoms with Gasteiger partial charge in [-0.1, -0.05) is 30.3 Å². The van der Waals surface area contributed by atoms with Gasteiger partial charge in [0.05, 0.1) is 30.8 Å². The van der Waals surface area contributed by atoms with Gasteiger partial charge in [0.25, 0.3) is 0 Å². The normalized spacial score (nSPS) is 17.8. The van der Waals surface area contributed by atoms with Gasteiger partial charge < -0.3 is 10.8 Å². The summed E-state index contributed by atoms with van der Waals surface area (Å²) in [6, 6.07) is 9.48. The van der Waals surface area contributed by atoms with Crippen LogP contribution in [-0.2, 0) is 16.6 Å². The Morgan fingerprint density at radius 3 is 2.59 bits per heavy atom. The second-order valence-electron chi connectivity index (χ2n) is 7.78. The van der Waals surface area contributed by atoms with Crippen LogP contribution in [0.5, 0.6) is 0 Å². The summed E-state index contributed by atoms with van der Waals surface area (Å²) in [6.45, 7) is 1.98. The largest absolute Gasteiger partial charge is 0.394 e. The maximum atomic E-state index is 12.0. The van der Waals surface area contributed by atoms with Crippen LogP contribution >= 0.6 is 0 Å². The monoisotopic (exact) mass is 455 g/mol. The molecule has 4 N–H and O–H groups in total. The SMILES string of the molecule is CS(=O)(=O)NC1=CC(=[N+]2CCCC2)C=C/C1=N\c1c(-c2ccccc2)nn(CCO)c1N. The quantitative estimate of drug-likeness (QED) is 0.449. The van der Waals surface area contributed by atoms with Gasteiger partial charge in [0.15, 0.2) is 0 Å². The molecule has 0 unspecified atom stereocenters. The zero-order valence-corrected chi connectivity index (χ0v) is 18.7. The first kappa shape index (κ1) is 22.0. The average molecular weight is 456 g/mol. The summed E-state index contributed by atoms with van der Waals surface area (Å²) in [5.41, 5.74) is 9.90. The molecule has 1 aromatic carbocycles. The highest BCUT2D eigenvalue weighted by atomic mass is 32.2. The summed E-state index contributed by atoms with van der Waals surface area (Å²) in [5.74, 6) is 0.298. The number of benzene rings is 1. The number of rotatable bonds is 6. The van der Waals surface area contributed by atoms with Crippen LogP contribution in [0.25, 0.3) is 11.3 Å². The molecule has 0 atom stereocenters. The van der Waals surface area contributed by atoms with Crippen molar-refractivity contribution >= 4 is 33.0 Å². The number of anilines is 1. The van der Waals surface area contributed by atoms with Gasteiger partial charge in [-0.2, -0.15) is 5.10 Å². The molecule has 4 rings (SSSR count). The highest BCUT2D eigenvalue weighted by Crippen LogP contribution is 2.35. The van der Waals surface area contributed by atoms with Crippen LogP contribution in [0, 0.1) is 0 Å². The van der Waals surface area contributed by atoms with Crippen molar-refractivity contribution in [3.05, 3.63) is 54.3 Å². The van der Waals surface area contributed by atoms with Crippen LogP contribution < -0.4 is 10.5 Å². The molecule has 168 valence electrons. The van der Waals surface area contributed by atoms with Crippen LogP contribution in [0.1, 0.15) is 12.8 Å².